The molecule has 2 heterocycles. The Kier molecular flexibility index (Phi) is 7.94. The summed E-state index contributed by atoms with van der Waals surface area (Å²) in [5.74, 6) is 3.30. The molecule has 7 heteroatoms. The molecule has 1 unspecified atom stereocenters. The monoisotopic (exact) mass is 484 g/mol. The second-order valence-corrected chi connectivity index (χ2v) is 6.73. The van der Waals surface area contributed by atoms with E-state index in [4.69, 9.17) is 9.26 Å². The lowest BCUT2D eigenvalue weighted by Gasteiger charge is -2.22. The van der Waals surface area contributed by atoms with Crippen molar-refractivity contribution in [1.29, 1.82) is 0 Å². The summed E-state index contributed by atoms with van der Waals surface area (Å²) in [5.41, 5.74) is 3.52. The summed E-state index contributed by atoms with van der Waals surface area (Å²) in [5, 5.41) is 7.50. The molecule has 0 bridgehead atoms. The molecule has 27 heavy (non-hydrogen) atoms. The Morgan fingerprint density at radius 3 is 2.67 bits per heavy atom. The molecule has 1 atom stereocenters. The number of hydrogen-bond acceptors (Lipinski definition) is 4. The van der Waals surface area contributed by atoms with Gasteiger partial charge in [-0.3, -0.25) is 4.99 Å². The third-order valence-corrected chi connectivity index (χ3v) is 5.13. The van der Waals surface area contributed by atoms with Gasteiger partial charge in [-0.1, -0.05) is 17.3 Å². The molecule has 3 rings (SSSR count). The van der Waals surface area contributed by atoms with Crippen LogP contribution in [0.15, 0.2) is 33.8 Å². The smallest absolute Gasteiger partial charge is 0.193 e. The van der Waals surface area contributed by atoms with Crippen LogP contribution in [-0.4, -0.2) is 49.8 Å². The fourth-order valence-corrected chi connectivity index (χ4v) is 3.59. The number of aliphatic imine (C=N–C) groups is 1. The van der Waals surface area contributed by atoms with Crippen LogP contribution in [0.25, 0.3) is 0 Å². The van der Waals surface area contributed by atoms with Gasteiger partial charge in [0.1, 0.15) is 11.5 Å². The number of likely N-dealkylation sites (tertiary alicyclic amines) is 1. The third-order valence-electron chi connectivity index (χ3n) is 5.13. The van der Waals surface area contributed by atoms with Crippen LogP contribution in [0, 0.1) is 13.8 Å². The molecule has 1 aliphatic heterocycles. The molecule has 1 saturated heterocycles. The number of methoxy groups -OCH3 is 1. The first-order valence-electron chi connectivity index (χ1n) is 9.13. The van der Waals surface area contributed by atoms with Gasteiger partial charge in [-0.05, 0) is 44.4 Å². The van der Waals surface area contributed by atoms with Gasteiger partial charge in [0, 0.05) is 38.2 Å². The fourth-order valence-electron chi connectivity index (χ4n) is 3.59. The molecule has 2 aromatic rings. The molecule has 1 aliphatic rings. The molecular weight excluding hydrogens is 455 g/mol. The van der Waals surface area contributed by atoms with Crippen LogP contribution in [0.5, 0.6) is 5.75 Å². The summed E-state index contributed by atoms with van der Waals surface area (Å²) in [4.78, 5) is 6.80. The molecule has 1 N–H and O–H groups in total. The van der Waals surface area contributed by atoms with E-state index in [1.165, 1.54) is 11.1 Å². The van der Waals surface area contributed by atoms with Crippen molar-refractivity contribution < 1.29 is 9.26 Å². The highest BCUT2D eigenvalue weighted by molar-refractivity contribution is 14.0. The molecule has 0 saturated carbocycles. The summed E-state index contributed by atoms with van der Waals surface area (Å²) in [7, 11) is 3.55. The molecule has 1 fully saturated rings. The number of rotatable bonds is 5. The lowest BCUT2D eigenvalue weighted by molar-refractivity contribution is 0.392. The second kappa shape index (κ2) is 9.96. The van der Waals surface area contributed by atoms with Crippen LogP contribution < -0.4 is 10.1 Å². The molecule has 0 spiro atoms. The quantitative estimate of drug-likeness (QED) is 0.400. The summed E-state index contributed by atoms with van der Waals surface area (Å²) in [6, 6.07) is 8.41. The number of guanidine groups is 1. The van der Waals surface area contributed by atoms with E-state index in [1.807, 2.05) is 33.0 Å². The zero-order chi connectivity index (χ0) is 18.5. The molecule has 0 aliphatic carbocycles. The fraction of sp³-hybridized carbons (Fsp3) is 0.500. The van der Waals surface area contributed by atoms with Gasteiger partial charge in [-0.2, -0.15) is 0 Å². The van der Waals surface area contributed by atoms with E-state index >= 15 is 0 Å². The van der Waals surface area contributed by atoms with E-state index in [2.05, 4.69) is 32.5 Å². The van der Waals surface area contributed by atoms with E-state index in [1.54, 1.807) is 7.11 Å². The topological polar surface area (TPSA) is 62.9 Å². The van der Waals surface area contributed by atoms with E-state index in [9.17, 15) is 0 Å². The summed E-state index contributed by atoms with van der Waals surface area (Å²) >= 11 is 0. The van der Waals surface area contributed by atoms with Gasteiger partial charge in [0.15, 0.2) is 5.96 Å². The number of nitrogens with one attached hydrogen (secondary N) is 1. The Labute approximate surface area is 178 Å². The first-order valence-corrected chi connectivity index (χ1v) is 9.13. The van der Waals surface area contributed by atoms with Crippen molar-refractivity contribution in [2.75, 3.05) is 33.8 Å². The zero-order valence-electron chi connectivity index (χ0n) is 16.5. The summed E-state index contributed by atoms with van der Waals surface area (Å²) < 4.78 is 10.5. The van der Waals surface area contributed by atoms with Gasteiger partial charge >= 0.3 is 0 Å². The van der Waals surface area contributed by atoms with Gasteiger partial charge in [0.2, 0.25) is 0 Å². The van der Waals surface area contributed by atoms with E-state index in [0.29, 0.717) is 5.92 Å². The van der Waals surface area contributed by atoms with Crippen LogP contribution in [0.1, 0.15) is 34.9 Å². The maximum Gasteiger partial charge on any atom is 0.193 e. The van der Waals surface area contributed by atoms with Crippen molar-refractivity contribution in [3.8, 4) is 5.75 Å². The standard InChI is InChI=1S/C20H28N4O2.HI/c1-14-19(15(2)26-23-14)9-11-22-20(21-3)24-12-10-17(13-24)16-5-7-18(25-4)8-6-16;/h5-8,17H,9-13H2,1-4H3,(H,21,22);1H. The molecule has 6 nitrogen and oxygen atoms in total. The predicted octanol–water partition coefficient (Wildman–Crippen LogP) is 3.53. The highest BCUT2D eigenvalue weighted by Crippen LogP contribution is 2.28. The summed E-state index contributed by atoms with van der Waals surface area (Å²) in [6.07, 6.45) is 2.02. The van der Waals surface area contributed by atoms with Crippen molar-refractivity contribution in [2.45, 2.75) is 32.6 Å². The molecule has 0 radical (unpaired) electrons. The van der Waals surface area contributed by atoms with Gasteiger partial charge in [-0.25, -0.2) is 0 Å². The Hall–Kier alpha value is -1.77. The first-order chi connectivity index (χ1) is 12.6. The van der Waals surface area contributed by atoms with Gasteiger partial charge in [-0.15, -0.1) is 24.0 Å². The van der Waals surface area contributed by atoms with E-state index in [-0.39, 0.29) is 24.0 Å². The minimum atomic E-state index is 0. The number of aryl methyl sites for hydroxylation is 2. The average molecular weight is 484 g/mol. The van der Waals surface area contributed by atoms with Crippen molar-refractivity contribution in [2.24, 2.45) is 4.99 Å². The normalized spacial score (nSPS) is 17.0. The second-order valence-electron chi connectivity index (χ2n) is 6.73. The number of aromatic nitrogens is 1. The predicted molar refractivity (Wildman–Crippen MR) is 118 cm³/mol. The lowest BCUT2D eigenvalue weighted by atomic mass is 9.98. The maximum atomic E-state index is 5.25. The highest BCUT2D eigenvalue weighted by atomic mass is 127. The van der Waals surface area contributed by atoms with Crippen LogP contribution in [0.4, 0.5) is 0 Å². The average Bonchev–Trinajstić information content (AvgIpc) is 3.27. The van der Waals surface area contributed by atoms with Crippen molar-refractivity contribution in [3.05, 3.63) is 46.8 Å². The van der Waals surface area contributed by atoms with Crippen LogP contribution in [0.3, 0.4) is 0 Å². The van der Waals surface area contributed by atoms with Gasteiger partial charge < -0.3 is 19.5 Å². The molecular formula is C20H29IN4O2. The van der Waals surface area contributed by atoms with Crippen molar-refractivity contribution in [1.82, 2.24) is 15.4 Å². The lowest BCUT2D eigenvalue weighted by Crippen LogP contribution is -2.40. The Morgan fingerprint density at radius 1 is 1.33 bits per heavy atom. The number of halogens is 1. The molecule has 0 amide bonds. The number of benzene rings is 1. The van der Waals surface area contributed by atoms with Crippen LogP contribution >= 0.6 is 24.0 Å². The molecule has 1 aromatic heterocycles. The van der Waals surface area contributed by atoms with Gasteiger partial charge in [0.05, 0.1) is 12.8 Å². The van der Waals surface area contributed by atoms with E-state index < -0.39 is 0 Å². The van der Waals surface area contributed by atoms with Crippen molar-refractivity contribution in [3.63, 3.8) is 0 Å². The Bertz CT molecular complexity index is 738. The van der Waals surface area contributed by atoms with E-state index in [0.717, 1.165) is 55.6 Å². The number of nitrogens with zero attached hydrogens (tertiary/aromatic N) is 3. The third kappa shape index (κ3) is 5.15. The Morgan fingerprint density at radius 2 is 2.07 bits per heavy atom. The zero-order valence-corrected chi connectivity index (χ0v) is 18.8. The SMILES string of the molecule is CN=C(NCCc1c(C)noc1C)N1CCC(c2ccc(OC)cc2)C1.I. The van der Waals surface area contributed by atoms with Crippen LogP contribution in [-0.2, 0) is 6.42 Å². The largest absolute Gasteiger partial charge is 0.497 e. The number of ether oxygens (including phenoxy) is 1. The minimum Gasteiger partial charge on any atom is -0.497 e. The molecule has 1 aromatic carbocycles. The van der Waals surface area contributed by atoms with Crippen molar-refractivity contribution >= 4 is 29.9 Å². The Balaban J connectivity index is 0.00000261. The minimum absolute atomic E-state index is 0. The van der Waals surface area contributed by atoms with Crippen LogP contribution in [0.2, 0.25) is 0 Å². The summed E-state index contributed by atoms with van der Waals surface area (Å²) in [6.45, 7) is 6.77. The number of hydrogen-bond donors (Lipinski definition) is 1. The van der Waals surface area contributed by atoms with Gasteiger partial charge in [0.25, 0.3) is 0 Å². The maximum absolute atomic E-state index is 5.25. The first kappa shape index (κ1) is 21.5. The molecule has 148 valence electrons. The highest BCUT2D eigenvalue weighted by Gasteiger charge is 2.26.